The number of aliphatic hydroxyl groups excluding tert-OH is 1. The molecule has 0 radical (unpaired) electrons. The molecule has 3 heterocycles. The number of nitrogens with two attached hydrogens (primary N) is 1. The van der Waals surface area contributed by atoms with Crippen molar-refractivity contribution in [3.8, 4) is 5.75 Å². The number of nitrogens with zero attached hydrogens (tertiary/aromatic N) is 4. The number of nitrogens with one attached hydrogen (secondary N) is 1. The van der Waals surface area contributed by atoms with E-state index in [0.29, 0.717) is 13.1 Å². The Bertz CT molecular complexity index is 934. The van der Waals surface area contributed by atoms with Crippen LogP contribution >= 0.6 is 12.4 Å². The van der Waals surface area contributed by atoms with Gasteiger partial charge in [-0.1, -0.05) is 6.07 Å². The van der Waals surface area contributed by atoms with Gasteiger partial charge in [-0.05, 0) is 30.2 Å². The van der Waals surface area contributed by atoms with Crippen LogP contribution in [0.2, 0.25) is 0 Å². The Hall–Kier alpha value is -2.39. The molecule has 4 N–H and O–H groups in total. The molecular weight excluding hydrogens is 380 g/mol. The van der Waals surface area contributed by atoms with E-state index in [4.69, 9.17) is 10.5 Å². The third-order valence-corrected chi connectivity index (χ3v) is 4.98. The molecule has 2 atom stereocenters. The second-order valence-corrected chi connectivity index (χ2v) is 6.85. The molecule has 28 heavy (non-hydrogen) atoms. The fourth-order valence-corrected chi connectivity index (χ4v) is 3.47. The Balaban J connectivity index is 0.00000225. The number of benzene rings is 1. The maximum absolute atomic E-state index is 10.1. The molecule has 0 bridgehead atoms. The lowest BCUT2D eigenvalue weighted by molar-refractivity contribution is 0.0501. The first-order valence-corrected chi connectivity index (χ1v) is 9.02. The molecule has 1 aromatic carbocycles. The first-order chi connectivity index (χ1) is 13.1. The zero-order valence-corrected chi connectivity index (χ0v) is 16.5. The van der Waals surface area contributed by atoms with Crippen molar-refractivity contribution >= 4 is 29.4 Å². The Morgan fingerprint density at radius 1 is 1.36 bits per heavy atom. The van der Waals surface area contributed by atoms with E-state index in [1.165, 1.54) is 6.33 Å². The zero-order valence-electron chi connectivity index (χ0n) is 15.7. The number of β-amino-alcohol motifs (C(OH)–C–C–N with tert-alkyl or cyclic N) is 1. The molecule has 4 rings (SSSR count). The number of halogens is 1. The summed E-state index contributed by atoms with van der Waals surface area (Å²) < 4.78 is 7.11. The van der Waals surface area contributed by atoms with Gasteiger partial charge in [-0.3, -0.25) is 4.90 Å². The minimum Gasteiger partial charge on any atom is -0.497 e. The van der Waals surface area contributed by atoms with Gasteiger partial charge >= 0.3 is 0 Å². The average molecular weight is 405 g/mol. The Morgan fingerprint density at radius 2 is 2.21 bits per heavy atom. The molecule has 2 aromatic heterocycles. The lowest BCUT2D eigenvalue weighted by Crippen LogP contribution is -2.50. The van der Waals surface area contributed by atoms with Gasteiger partial charge in [0.05, 0.1) is 13.2 Å². The van der Waals surface area contributed by atoms with Gasteiger partial charge < -0.3 is 20.9 Å². The standard InChI is InChI=1S/C19H24N6O2.ClH/c1-27-15-4-2-3-14(9-15)23-19-18-13(5-8-25(18)22-12-21-19)10-24-7-6-16(20)17(26)11-24;/h2-5,8-9,12,16-17,26H,6-7,10-11,20H2,1H3,(H,21,22,23);1H/t16-,17-;/m1./s1. The maximum atomic E-state index is 10.1. The third-order valence-electron chi connectivity index (χ3n) is 4.98. The van der Waals surface area contributed by atoms with E-state index in [1.54, 1.807) is 7.11 Å². The fourth-order valence-electron chi connectivity index (χ4n) is 3.47. The number of piperidine rings is 1. The molecule has 1 aliphatic rings. The highest BCUT2D eigenvalue weighted by Gasteiger charge is 2.25. The van der Waals surface area contributed by atoms with Crippen LogP contribution in [0.25, 0.3) is 5.52 Å². The number of aromatic nitrogens is 3. The molecular formula is C19H25ClN6O2. The molecule has 0 amide bonds. The molecule has 9 heteroatoms. The maximum Gasteiger partial charge on any atom is 0.158 e. The molecule has 3 aromatic rings. The smallest absolute Gasteiger partial charge is 0.158 e. The van der Waals surface area contributed by atoms with Gasteiger partial charge in [-0.25, -0.2) is 9.50 Å². The van der Waals surface area contributed by atoms with Crippen LogP contribution in [-0.4, -0.2) is 56.9 Å². The van der Waals surface area contributed by atoms with Crippen LogP contribution in [0.1, 0.15) is 12.0 Å². The van der Waals surface area contributed by atoms with Crippen LogP contribution in [-0.2, 0) is 6.54 Å². The molecule has 1 saturated heterocycles. The van der Waals surface area contributed by atoms with E-state index >= 15 is 0 Å². The number of ether oxygens (including phenoxy) is 1. The van der Waals surface area contributed by atoms with Gasteiger partial charge in [-0.15, -0.1) is 12.4 Å². The molecule has 0 saturated carbocycles. The van der Waals surface area contributed by atoms with Crippen LogP contribution in [0.5, 0.6) is 5.75 Å². The Morgan fingerprint density at radius 3 is 3.00 bits per heavy atom. The first kappa shape index (κ1) is 20.3. The average Bonchev–Trinajstić information content (AvgIpc) is 3.09. The molecule has 0 unspecified atom stereocenters. The second kappa shape index (κ2) is 8.74. The predicted molar refractivity (Wildman–Crippen MR) is 110 cm³/mol. The van der Waals surface area contributed by atoms with E-state index in [2.05, 4.69) is 20.3 Å². The van der Waals surface area contributed by atoms with Crippen molar-refractivity contribution in [1.29, 1.82) is 0 Å². The number of likely N-dealkylation sites (tertiary alicyclic amines) is 1. The summed E-state index contributed by atoms with van der Waals surface area (Å²) in [5.74, 6) is 1.51. The molecule has 1 fully saturated rings. The van der Waals surface area contributed by atoms with Crippen molar-refractivity contribution in [3.05, 3.63) is 48.4 Å². The van der Waals surface area contributed by atoms with Crippen LogP contribution in [0.4, 0.5) is 11.5 Å². The summed E-state index contributed by atoms with van der Waals surface area (Å²) in [4.78, 5) is 6.65. The van der Waals surface area contributed by atoms with Gasteiger partial charge in [0.15, 0.2) is 5.82 Å². The summed E-state index contributed by atoms with van der Waals surface area (Å²) in [6.07, 6.45) is 3.76. The number of fused-ring (bicyclic) bond motifs is 1. The van der Waals surface area contributed by atoms with Crippen molar-refractivity contribution in [1.82, 2.24) is 19.5 Å². The monoisotopic (exact) mass is 404 g/mol. The topological polar surface area (TPSA) is 101 Å². The highest BCUT2D eigenvalue weighted by molar-refractivity contribution is 5.85. The summed E-state index contributed by atoms with van der Waals surface area (Å²) in [7, 11) is 1.64. The first-order valence-electron chi connectivity index (χ1n) is 9.02. The molecule has 0 spiro atoms. The van der Waals surface area contributed by atoms with Gasteiger partial charge in [0.1, 0.15) is 17.6 Å². The minimum absolute atomic E-state index is 0. The van der Waals surface area contributed by atoms with Gasteiger partial charge in [0.25, 0.3) is 0 Å². The van der Waals surface area contributed by atoms with Crippen molar-refractivity contribution in [2.24, 2.45) is 5.73 Å². The van der Waals surface area contributed by atoms with Crippen molar-refractivity contribution in [2.45, 2.75) is 25.1 Å². The predicted octanol–water partition coefficient (Wildman–Crippen LogP) is 1.80. The molecule has 8 nitrogen and oxygen atoms in total. The van der Waals surface area contributed by atoms with Crippen LogP contribution < -0.4 is 15.8 Å². The Kier molecular flexibility index (Phi) is 6.35. The number of rotatable bonds is 5. The zero-order chi connectivity index (χ0) is 18.8. The number of methoxy groups -OCH3 is 1. The van der Waals surface area contributed by atoms with Gasteiger partial charge in [0, 0.05) is 43.6 Å². The summed E-state index contributed by atoms with van der Waals surface area (Å²) in [5.41, 5.74) is 8.83. The second-order valence-electron chi connectivity index (χ2n) is 6.85. The van der Waals surface area contributed by atoms with E-state index in [0.717, 1.165) is 41.3 Å². The molecule has 150 valence electrons. The largest absolute Gasteiger partial charge is 0.497 e. The summed E-state index contributed by atoms with van der Waals surface area (Å²) in [5, 5.41) is 17.7. The number of hydrogen-bond donors (Lipinski definition) is 3. The molecule has 0 aliphatic carbocycles. The number of anilines is 2. The summed E-state index contributed by atoms with van der Waals surface area (Å²) in [6.45, 7) is 2.15. The summed E-state index contributed by atoms with van der Waals surface area (Å²) >= 11 is 0. The lowest BCUT2D eigenvalue weighted by atomic mass is 10.0. The van der Waals surface area contributed by atoms with Crippen LogP contribution in [0.3, 0.4) is 0 Å². The van der Waals surface area contributed by atoms with Crippen LogP contribution in [0, 0.1) is 0 Å². The third kappa shape index (κ3) is 4.20. The molecule has 1 aliphatic heterocycles. The van der Waals surface area contributed by atoms with E-state index in [9.17, 15) is 5.11 Å². The summed E-state index contributed by atoms with van der Waals surface area (Å²) in [6, 6.07) is 9.62. The fraction of sp³-hybridized carbons (Fsp3) is 0.368. The van der Waals surface area contributed by atoms with Gasteiger partial charge in [-0.2, -0.15) is 5.10 Å². The van der Waals surface area contributed by atoms with Gasteiger partial charge in [0.2, 0.25) is 0 Å². The number of aliphatic hydroxyl groups is 1. The minimum atomic E-state index is -0.488. The van der Waals surface area contributed by atoms with Crippen LogP contribution in [0.15, 0.2) is 42.9 Å². The highest BCUT2D eigenvalue weighted by atomic mass is 35.5. The normalized spacial score (nSPS) is 20.0. The lowest BCUT2D eigenvalue weighted by Gasteiger charge is -2.33. The number of hydrogen-bond acceptors (Lipinski definition) is 7. The van der Waals surface area contributed by atoms with Crippen molar-refractivity contribution in [3.63, 3.8) is 0 Å². The van der Waals surface area contributed by atoms with E-state index in [1.807, 2.05) is 41.0 Å². The van der Waals surface area contributed by atoms with Crippen molar-refractivity contribution < 1.29 is 9.84 Å². The van der Waals surface area contributed by atoms with E-state index < -0.39 is 6.10 Å². The Labute approximate surface area is 169 Å². The highest BCUT2D eigenvalue weighted by Crippen LogP contribution is 2.26. The SMILES string of the molecule is COc1cccc(Nc2ncnn3ccc(CN4CC[C@@H](N)[C@H](O)C4)c23)c1.Cl. The quantitative estimate of drug-likeness (QED) is 0.596. The van der Waals surface area contributed by atoms with Crippen molar-refractivity contribution in [2.75, 3.05) is 25.5 Å². The van der Waals surface area contributed by atoms with E-state index in [-0.39, 0.29) is 18.4 Å².